The molecule has 0 amide bonds. The van der Waals surface area contributed by atoms with Crippen molar-refractivity contribution in [3.8, 4) is 39.3 Å². The maximum absolute atomic E-state index is 6.73. The van der Waals surface area contributed by atoms with E-state index in [1.54, 1.807) is 0 Å². The molecule has 3 aromatic heterocycles. The van der Waals surface area contributed by atoms with Gasteiger partial charge in [-0.15, -0.1) is 11.3 Å². The van der Waals surface area contributed by atoms with Gasteiger partial charge in [-0.2, -0.15) is 0 Å². The zero-order chi connectivity index (χ0) is 48.0. The predicted octanol–water partition coefficient (Wildman–Crippen LogP) is 16.9. The minimum Gasteiger partial charge on any atom is -0.456 e. The average molecular weight is 927 g/mol. The van der Waals surface area contributed by atoms with Gasteiger partial charge in [-0.1, -0.05) is 140 Å². The van der Waals surface area contributed by atoms with E-state index in [1.165, 1.54) is 122 Å². The van der Waals surface area contributed by atoms with Crippen molar-refractivity contribution in [3.63, 3.8) is 0 Å². The fourth-order valence-electron chi connectivity index (χ4n) is 12.2. The third-order valence-electron chi connectivity index (χ3n) is 16.4. The first-order valence-corrected chi connectivity index (χ1v) is 26.2. The summed E-state index contributed by atoms with van der Waals surface area (Å²) in [6.45, 7) is 21.2. The SMILES string of the molecule is CCc1ccccc1-c1cc2c(cc1C)c1ccc(-c3cc4c(cc3Nc3ccc(C(C)(C)C)cc3)sc3cc5c(cc34)C(C)(C)CCC5(C)C)c3c1n2-c1cc2cc(-c4ccccc4)oc2cc1B3. The topological polar surface area (TPSA) is 30.1 Å². The Morgan fingerprint density at radius 1 is 0.657 bits per heavy atom. The van der Waals surface area contributed by atoms with Crippen molar-refractivity contribution in [2.45, 2.75) is 97.8 Å². The van der Waals surface area contributed by atoms with Crippen LogP contribution in [0.25, 0.3) is 92.2 Å². The summed E-state index contributed by atoms with van der Waals surface area (Å²) in [5.74, 6) is 0.892. The van der Waals surface area contributed by atoms with Gasteiger partial charge < -0.3 is 14.3 Å². The van der Waals surface area contributed by atoms with Gasteiger partial charge in [0.05, 0.1) is 5.52 Å². The molecule has 2 aliphatic rings. The van der Waals surface area contributed by atoms with Gasteiger partial charge in [0.25, 0.3) is 0 Å². The van der Waals surface area contributed by atoms with Gasteiger partial charge in [0.15, 0.2) is 7.28 Å². The molecule has 4 heterocycles. The van der Waals surface area contributed by atoms with Crippen LogP contribution in [0.15, 0.2) is 150 Å². The number of thiophene rings is 1. The van der Waals surface area contributed by atoms with Crippen molar-refractivity contribution >= 4 is 93.9 Å². The molecule has 0 bridgehead atoms. The average Bonchev–Trinajstić information content (AvgIpc) is 4.03. The van der Waals surface area contributed by atoms with E-state index in [-0.39, 0.29) is 16.2 Å². The van der Waals surface area contributed by atoms with E-state index in [0.29, 0.717) is 0 Å². The first-order chi connectivity index (χ1) is 33.6. The molecule has 0 radical (unpaired) electrons. The van der Waals surface area contributed by atoms with Crippen LogP contribution < -0.4 is 16.2 Å². The number of fused-ring (bicyclic) bond motifs is 10. The molecule has 0 atom stereocenters. The van der Waals surface area contributed by atoms with E-state index in [4.69, 9.17) is 4.42 Å². The Morgan fingerprint density at radius 2 is 1.37 bits per heavy atom. The summed E-state index contributed by atoms with van der Waals surface area (Å²) in [6.07, 6.45) is 3.37. The fraction of sp³-hybridized carbons (Fsp3) is 0.231. The van der Waals surface area contributed by atoms with Crippen molar-refractivity contribution in [2.75, 3.05) is 5.32 Å². The molecule has 0 fully saturated rings. The van der Waals surface area contributed by atoms with Crippen molar-refractivity contribution in [1.29, 1.82) is 0 Å². The first kappa shape index (κ1) is 43.2. The highest BCUT2D eigenvalue weighted by molar-refractivity contribution is 7.25. The van der Waals surface area contributed by atoms with E-state index < -0.39 is 0 Å². The number of aryl methyl sites for hydroxylation is 2. The summed E-state index contributed by atoms with van der Waals surface area (Å²) in [4.78, 5) is 0. The third-order valence-corrected chi connectivity index (χ3v) is 17.5. The lowest BCUT2D eigenvalue weighted by Crippen LogP contribution is -2.37. The molecule has 3 nitrogen and oxygen atoms in total. The van der Waals surface area contributed by atoms with Crippen LogP contribution in [0.5, 0.6) is 0 Å². The van der Waals surface area contributed by atoms with Gasteiger partial charge >= 0.3 is 0 Å². The van der Waals surface area contributed by atoms with E-state index in [1.807, 2.05) is 11.3 Å². The standard InChI is InChI=1S/C65H59BN2OS/c1-10-38-16-14-15-19-43(38)46-33-55-48(28-37(46)2)45-25-24-44(61-62(45)68(55)56-29-40-30-57(39-17-12-11-13-18-39)69-58(40)35-53(56)66-61)47-31-49-50-32-51-52(65(8,9)27-26-64(51,6)7)34-59(50)70-60(49)36-54(47)67-42-22-20-41(21-23-42)63(3,4)5/h11-25,28-36,66-67H,10,26-27H2,1-9H3. The second-order valence-electron chi connectivity index (χ2n) is 22.8. The normalized spacial score (nSPS) is 14.9. The van der Waals surface area contributed by atoms with Crippen LogP contribution in [-0.2, 0) is 22.7 Å². The summed E-state index contributed by atoms with van der Waals surface area (Å²) in [5, 5.41) is 10.4. The number of benzene rings is 8. The molecule has 0 unspecified atom stereocenters. The maximum atomic E-state index is 6.73. The Kier molecular flexibility index (Phi) is 9.47. The highest BCUT2D eigenvalue weighted by Gasteiger charge is 2.38. The van der Waals surface area contributed by atoms with Crippen LogP contribution in [0.4, 0.5) is 11.4 Å². The summed E-state index contributed by atoms with van der Waals surface area (Å²) in [6, 6.07) is 55.3. The molecule has 5 heteroatoms. The lowest BCUT2D eigenvalue weighted by Gasteiger charge is -2.41. The fourth-order valence-corrected chi connectivity index (χ4v) is 13.4. The van der Waals surface area contributed by atoms with Crippen LogP contribution in [0.1, 0.15) is 96.0 Å². The molecule has 11 aromatic rings. The predicted molar refractivity (Wildman–Crippen MR) is 304 cm³/mol. The van der Waals surface area contributed by atoms with Gasteiger partial charge in [0, 0.05) is 70.0 Å². The summed E-state index contributed by atoms with van der Waals surface area (Å²) in [7, 11) is 0.777. The van der Waals surface area contributed by atoms with Gasteiger partial charge in [-0.3, -0.25) is 0 Å². The summed E-state index contributed by atoms with van der Waals surface area (Å²) in [5.41, 5.74) is 23.0. The van der Waals surface area contributed by atoms with E-state index in [9.17, 15) is 0 Å². The Bertz CT molecular complexity index is 3970. The number of hydrogen-bond acceptors (Lipinski definition) is 3. The zero-order valence-electron chi connectivity index (χ0n) is 41.9. The van der Waals surface area contributed by atoms with Crippen LogP contribution in [0.3, 0.4) is 0 Å². The molecular weight excluding hydrogens is 868 g/mol. The highest BCUT2D eigenvalue weighted by Crippen LogP contribution is 2.51. The molecule has 1 aliphatic heterocycles. The zero-order valence-corrected chi connectivity index (χ0v) is 42.8. The molecule has 0 saturated heterocycles. The molecule has 8 aromatic carbocycles. The molecule has 70 heavy (non-hydrogen) atoms. The molecule has 13 rings (SSSR count). The number of furan rings is 1. The Balaban J connectivity index is 1.09. The maximum Gasteiger partial charge on any atom is 0.198 e. The lowest BCUT2D eigenvalue weighted by atomic mass is 9.59. The number of nitrogens with one attached hydrogen (secondary N) is 1. The van der Waals surface area contributed by atoms with Gasteiger partial charge in [0.2, 0.25) is 0 Å². The molecule has 1 aliphatic carbocycles. The highest BCUT2D eigenvalue weighted by atomic mass is 32.1. The minimum atomic E-state index is 0.0673. The quantitative estimate of drug-likeness (QED) is 0.168. The Hall–Kier alpha value is -6.82. The minimum absolute atomic E-state index is 0.0673. The van der Waals surface area contributed by atoms with Crippen LogP contribution >= 0.6 is 11.3 Å². The van der Waals surface area contributed by atoms with Gasteiger partial charge in [-0.25, -0.2) is 0 Å². The lowest BCUT2D eigenvalue weighted by molar-refractivity contribution is 0.332. The van der Waals surface area contributed by atoms with Crippen molar-refractivity contribution < 1.29 is 4.42 Å². The smallest absolute Gasteiger partial charge is 0.198 e. The second-order valence-corrected chi connectivity index (χ2v) is 23.9. The monoisotopic (exact) mass is 926 g/mol. The number of nitrogens with zero attached hydrogens (tertiary/aromatic N) is 1. The number of anilines is 2. The van der Waals surface area contributed by atoms with Crippen molar-refractivity contribution in [1.82, 2.24) is 4.57 Å². The molecule has 0 spiro atoms. The summed E-state index contributed by atoms with van der Waals surface area (Å²) >= 11 is 1.94. The largest absolute Gasteiger partial charge is 0.456 e. The Morgan fingerprint density at radius 3 is 2.13 bits per heavy atom. The van der Waals surface area contributed by atoms with E-state index in [0.717, 1.165) is 47.4 Å². The number of hydrogen-bond donors (Lipinski definition) is 1. The van der Waals surface area contributed by atoms with Crippen molar-refractivity contribution in [2.24, 2.45) is 0 Å². The summed E-state index contributed by atoms with van der Waals surface area (Å²) < 4.78 is 12.0. The third kappa shape index (κ3) is 6.68. The molecule has 1 N–H and O–H groups in total. The van der Waals surface area contributed by atoms with Crippen LogP contribution in [0.2, 0.25) is 0 Å². The van der Waals surface area contributed by atoms with Crippen LogP contribution in [-0.4, -0.2) is 11.8 Å². The first-order valence-electron chi connectivity index (χ1n) is 25.4. The number of rotatable bonds is 6. The molecular formula is C65H59BN2OS. The second kappa shape index (κ2) is 15.3. The van der Waals surface area contributed by atoms with Gasteiger partial charge in [-0.05, 0) is 159 Å². The number of aromatic nitrogens is 1. The van der Waals surface area contributed by atoms with E-state index in [2.05, 4.69) is 218 Å². The van der Waals surface area contributed by atoms with Gasteiger partial charge in [0.1, 0.15) is 11.3 Å². The van der Waals surface area contributed by atoms with E-state index >= 15 is 0 Å². The molecule has 0 saturated carbocycles. The Labute approximate surface area is 416 Å². The van der Waals surface area contributed by atoms with Crippen LogP contribution in [0, 0.1) is 6.92 Å². The molecule has 344 valence electrons. The van der Waals surface area contributed by atoms with Crippen molar-refractivity contribution in [3.05, 3.63) is 173 Å².